The molecule has 3 aromatic rings. The number of fused-ring (bicyclic) bond motifs is 6. The van der Waals surface area contributed by atoms with E-state index >= 15 is 0 Å². The topological polar surface area (TPSA) is 105 Å². The monoisotopic (exact) mass is 693 g/mol. The highest BCUT2D eigenvalue weighted by Gasteiger charge is 2.50. The van der Waals surface area contributed by atoms with Gasteiger partial charge in [0, 0.05) is 42.4 Å². The highest BCUT2D eigenvalue weighted by Crippen LogP contribution is 2.54. The van der Waals surface area contributed by atoms with Crippen molar-refractivity contribution in [3.8, 4) is 17.1 Å². The number of ether oxygens (including phenoxy) is 1. The molecular formula is C37H48ClN5O4S. The molecule has 3 heterocycles. The van der Waals surface area contributed by atoms with Gasteiger partial charge in [-0.15, -0.1) is 12.4 Å². The Bertz CT molecular complexity index is 1750. The number of sulfonamides is 1. The van der Waals surface area contributed by atoms with Crippen LogP contribution in [-0.4, -0.2) is 71.9 Å². The number of aryl methyl sites for hydroxylation is 2. The predicted molar refractivity (Wildman–Crippen MR) is 190 cm³/mol. The van der Waals surface area contributed by atoms with Crippen LogP contribution in [0.3, 0.4) is 0 Å². The molecule has 9 nitrogen and oxygen atoms in total. The summed E-state index contributed by atoms with van der Waals surface area (Å²) in [5.41, 5.74) is 4.35. The molecule has 1 aromatic heterocycles. The summed E-state index contributed by atoms with van der Waals surface area (Å²) < 4.78 is 36.8. The number of hydrogen-bond donors (Lipinski definition) is 1. The van der Waals surface area contributed by atoms with E-state index in [0.29, 0.717) is 47.6 Å². The fourth-order valence-electron chi connectivity index (χ4n) is 8.64. The average molecular weight is 694 g/mol. The molecule has 11 heteroatoms. The number of nitrogens with zero attached hydrogens (tertiary/aromatic N) is 4. The van der Waals surface area contributed by atoms with Gasteiger partial charge < -0.3 is 9.64 Å². The number of halogens is 1. The Kier molecular flexibility index (Phi) is 9.81. The lowest BCUT2D eigenvalue weighted by atomic mass is 9.58. The van der Waals surface area contributed by atoms with Gasteiger partial charge in [-0.2, -0.15) is 4.98 Å². The molecule has 2 aromatic carbocycles. The summed E-state index contributed by atoms with van der Waals surface area (Å²) in [6, 6.07) is 14.7. The van der Waals surface area contributed by atoms with Gasteiger partial charge in [-0.25, -0.2) is 18.1 Å². The van der Waals surface area contributed by atoms with Crippen molar-refractivity contribution >= 4 is 34.3 Å². The van der Waals surface area contributed by atoms with Crippen molar-refractivity contribution in [2.24, 2.45) is 11.3 Å². The summed E-state index contributed by atoms with van der Waals surface area (Å²) >= 11 is 0. The molecular weight excluding hydrogens is 646 g/mol. The molecule has 258 valence electrons. The fourth-order valence-corrected chi connectivity index (χ4v) is 9.63. The van der Waals surface area contributed by atoms with E-state index in [0.717, 1.165) is 29.7 Å². The Hall–Kier alpha value is -3.21. The van der Waals surface area contributed by atoms with Gasteiger partial charge in [-0.3, -0.25) is 9.69 Å². The average Bonchev–Trinajstić information content (AvgIpc) is 3.18. The molecule has 3 fully saturated rings. The van der Waals surface area contributed by atoms with Gasteiger partial charge in [0.25, 0.3) is 15.9 Å². The molecule has 7 rings (SSSR count). The van der Waals surface area contributed by atoms with Gasteiger partial charge in [0.1, 0.15) is 6.10 Å². The Labute approximate surface area is 291 Å². The highest BCUT2D eigenvalue weighted by atomic mass is 35.5. The molecule has 1 spiro atoms. The first-order chi connectivity index (χ1) is 22.5. The third-order valence-corrected chi connectivity index (χ3v) is 12.3. The van der Waals surface area contributed by atoms with Crippen LogP contribution in [0.2, 0.25) is 0 Å². The standard InChI is InChI=1S/C37H47N5O4S.ClH/c1-24(2)18-31-32-23-41(16-17-42(31)28-21-37(22-28)14-6-5-7-15-37)35(43)27-12-9-13-29(19-27)47(44,45)40-36-38-30(20-33(39-36)46-32)34-25(3)10-8-11-26(34)4;/h8-13,19-20,24,28,31-32H,5-7,14-18,21-23H2,1-4H3,(H,38,39,40);1H/t31-,32+;/m1./s1. The van der Waals surface area contributed by atoms with E-state index in [1.807, 2.05) is 43.0 Å². The maximum atomic E-state index is 14.1. The molecule has 2 aliphatic carbocycles. The zero-order valence-electron chi connectivity index (χ0n) is 28.4. The summed E-state index contributed by atoms with van der Waals surface area (Å²) in [5, 5.41) is 0. The second kappa shape index (κ2) is 13.6. The highest BCUT2D eigenvalue weighted by molar-refractivity contribution is 7.92. The summed E-state index contributed by atoms with van der Waals surface area (Å²) in [7, 11) is -4.10. The van der Waals surface area contributed by atoms with Crippen molar-refractivity contribution in [1.29, 1.82) is 0 Å². The van der Waals surface area contributed by atoms with Gasteiger partial charge >= 0.3 is 0 Å². The number of aromatic nitrogens is 2. The Balaban J connectivity index is 0.00000401. The minimum Gasteiger partial charge on any atom is -0.471 e. The molecule has 2 atom stereocenters. The van der Waals surface area contributed by atoms with Crippen molar-refractivity contribution in [2.45, 2.75) is 102 Å². The SMILES string of the molecule is Cc1cccc(C)c1-c1cc2nc(n1)NS(=O)(=O)c1cccc(c1)C(=O)N1CCN(C3CC4(CCCCC4)C3)[C@H](CC(C)C)[C@H](C1)O2.Cl. The summed E-state index contributed by atoms with van der Waals surface area (Å²) in [6.45, 7) is 10.2. The van der Waals surface area contributed by atoms with Crippen molar-refractivity contribution in [3.63, 3.8) is 0 Å². The molecule has 2 saturated carbocycles. The first-order valence-electron chi connectivity index (χ1n) is 17.3. The zero-order chi connectivity index (χ0) is 32.9. The number of benzene rings is 2. The molecule has 6 bridgehead atoms. The van der Waals surface area contributed by atoms with E-state index < -0.39 is 10.0 Å². The second-order valence-corrected chi connectivity index (χ2v) is 16.5. The lowest BCUT2D eigenvalue weighted by Crippen LogP contribution is -2.58. The zero-order valence-corrected chi connectivity index (χ0v) is 30.1. The first kappa shape index (κ1) is 34.6. The van der Waals surface area contributed by atoms with Crippen molar-refractivity contribution in [1.82, 2.24) is 19.8 Å². The van der Waals surface area contributed by atoms with Crippen LogP contribution < -0.4 is 9.46 Å². The van der Waals surface area contributed by atoms with Crippen LogP contribution >= 0.6 is 12.4 Å². The molecule has 4 aliphatic rings. The number of rotatable bonds is 4. The van der Waals surface area contributed by atoms with Crippen LogP contribution in [0, 0.1) is 25.2 Å². The number of amides is 1. The third-order valence-electron chi connectivity index (χ3n) is 10.9. The van der Waals surface area contributed by atoms with Gasteiger partial charge in [0.05, 0.1) is 17.1 Å². The molecule has 1 N–H and O–H groups in total. The van der Waals surface area contributed by atoms with Gasteiger partial charge in [0.2, 0.25) is 11.8 Å². The number of anilines is 1. The predicted octanol–water partition coefficient (Wildman–Crippen LogP) is 7.03. The van der Waals surface area contributed by atoms with Gasteiger partial charge in [-0.1, -0.05) is 57.4 Å². The van der Waals surface area contributed by atoms with Crippen LogP contribution in [0.5, 0.6) is 5.88 Å². The van der Waals surface area contributed by atoms with E-state index in [9.17, 15) is 13.2 Å². The van der Waals surface area contributed by atoms with Crippen LogP contribution in [-0.2, 0) is 10.0 Å². The molecule has 2 aliphatic heterocycles. The maximum Gasteiger partial charge on any atom is 0.264 e. The summed E-state index contributed by atoms with van der Waals surface area (Å²) in [4.78, 5) is 28.0. The lowest BCUT2D eigenvalue weighted by Gasteiger charge is -2.56. The van der Waals surface area contributed by atoms with Crippen LogP contribution in [0.25, 0.3) is 11.3 Å². The quantitative estimate of drug-likeness (QED) is 0.313. The Morgan fingerprint density at radius 2 is 1.69 bits per heavy atom. The minimum atomic E-state index is -4.10. The van der Waals surface area contributed by atoms with E-state index in [2.05, 4.69) is 28.5 Å². The molecule has 1 amide bonds. The maximum absolute atomic E-state index is 14.1. The number of carbonyl (C=O) groups excluding carboxylic acids is 1. The van der Waals surface area contributed by atoms with Crippen molar-refractivity contribution in [3.05, 3.63) is 65.2 Å². The van der Waals surface area contributed by atoms with E-state index in [1.54, 1.807) is 12.1 Å². The minimum absolute atomic E-state index is 0. The second-order valence-electron chi connectivity index (χ2n) is 14.8. The number of nitrogens with one attached hydrogen (secondary N) is 1. The lowest BCUT2D eigenvalue weighted by molar-refractivity contribution is -0.0610. The van der Waals surface area contributed by atoms with E-state index in [4.69, 9.17) is 9.72 Å². The van der Waals surface area contributed by atoms with Crippen LogP contribution in [0.1, 0.15) is 86.7 Å². The summed E-state index contributed by atoms with van der Waals surface area (Å²) in [5.74, 6) is 0.464. The number of carbonyl (C=O) groups is 1. The molecule has 0 unspecified atom stereocenters. The van der Waals surface area contributed by atoms with Crippen molar-refractivity contribution < 1.29 is 17.9 Å². The molecule has 48 heavy (non-hydrogen) atoms. The first-order valence-corrected chi connectivity index (χ1v) is 18.8. The Morgan fingerprint density at radius 1 is 0.979 bits per heavy atom. The molecule has 1 saturated heterocycles. The smallest absolute Gasteiger partial charge is 0.264 e. The third kappa shape index (κ3) is 6.81. The number of hydrogen-bond acceptors (Lipinski definition) is 7. The van der Waals surface area contributed by atoms with E-state index in [-0.39, 0.29) is 41.3 Å². The largest absolute Gasteiger partial charge is 0.471 e. The summed E-state index contributed by atoms with van der Waals surface area (Å²) in [6.07, 6.45) is 9.63. The molecule has 0 radical (unpaired) electrons. The van der Waals surface area contributed by atoms with Gasteiger partial charge in [0.15, 0.2) is 0 Å². The van der Waals surface area contributed by atoms with E-state index in [1.165, 1.54) is 57.1 Å². The normalized spacial score (nSPS) is 23.8. The van der Waals surface area contributed by atoms with Gasteiger partial charge in [-0.05, 0) is 86.6 Å². The van der Waals surface area contributed by atoms with Crippen molar-refractivity contribution in [2.75, 3.05) is 24.4 Å². The van der Waals surface area contributed by atoms with Crippen LogP contribution in [0.15, 0.2) is 53.4 Å². The Morgan fingerprint density at radius 3 is 2.40 bits per heavy atom. The van der Waals surface area contributed by atoms with Crippen LogP contribution in [0.4, 0.5) is 5.95 Å². The fraction of sp³-hybridized carbons (Fsp3) is 0.541.